The van der Waals surface area contributed by atoms with Crippen LogP contribution >= 0.6 is 0 Å². The van der Waals surface area contributed by atoms with Crippen molar-refractivity contribution >= 4 is 16.6 Å². The standard InChI is InChI=1S/C12H9N3O2/c1-17-11-7-6-10-13-9-5-3-2-4-8(9)12(16)15(10)14-11/h2-7H,1H3. The third-order valence-corrected chi connectivity index (χ3v) is 2.56. The van der Waals surface area contributed by atoms with Crippen LogP contribution in [0.25, 0.3) is 16.6 Å². The zero-order valence-corrected chi connectivity index (χ0v) is 9.12. The molecule has 0 atom stereocenters. The molecule has 0 bridgehead atoms. The van der Waals surface area contributed by atoms with Gasteiger partial charge in [-0.15, -0.1) is 5.10 Å². The van der Waals surface area contributed by atoms with E-state index in [4.69, 9.17) is 4.74 Å². The van der Waals surface area contributed by atoms with Crippen LogP contribution in [0.4, 0.5) is 0 Å². The lowest BCUT2D eigenvalue weighted by Gasteiger charge is -2.03. The minimum atomic E-state index is -0.190. The average Bonchev–Trinajstić information content (AvgIpc) is 2.39. The van der Waals surface area contributed by atoms with E-state index in [-0.39, 0.29) is 5.56 Å². The highest BCUT2D eigenvalue weighted by Gasteiger charge is 2.06. The lowest BCUT2D eigenvalue weighted by molar-refractivity contribution is 0.389. The van der Waals surface area contributed by atoms with Crippen LogP contribution < -0.4 is 10.3 Å². The molecule has 0 fully saturated rings. The first kappa shape index (κ1) is 9.77. The fourth-order valence-electron chi connectivity index (χ4n) is 1.73. The number of hydrogen-bond donors (Lipinski definition) is 0. The summed E-state index contributed by atoms with van der Waals surface area (Å²) in [5.74, 6) is 0.386. The normalized spacial score (nSPS) is 10.9. The van der Waals surface area contributed by atoms with Crippen molar-refractivity contribution in [2.75, 3.05) is 7.11 Å². The van der Waals surface area contributed by atoms with Crippen molar-refractivity contribution in [1.82, 2.24) is 14.6 Å². The van der Waals surface area contributed by atoms with Crippen molar-refractivity contribution in [1.29, 1.82) is 0 Å². The van der Waals surface area contributed by atoms with Crippen LogP contribution in [-0.4, -0.2) is 21.7 Å². The molecule has 0 amide bonds. The van der Waals surface area contributed by atoms with E-state index in [1.54, 1.807) is 30.3 Å². The van der Waals surface area contributed by atoms with Crippen molar-refractivity contribution in [3.8, 4) is 5.88 Å². The summed E-state index contributed by atoms with van der Waals surface area (Å²) in [4.78, 5) is 16.5. The maximum Gasteiger partial charge on any atom is 0.282 e. The quantitative estimate of drug-likeness (QED) is 0.587. The van der Waals surface area contributed by atoms with Crippen LogP contribution in [0.15, 0.2) is 41.2 Å². The highest BCUT2D eigenvalue weighted by molar-refractivity contribution is 5.79. The predicted octanol–water partition coefficient (Wildman–Crippen LogP) is 1.25. The molecule has 0 unspecified atom stereocenters. The van der Waals surface area contributed by atoms with Crippen LogP contribution in [0.3, 0.4) is 0 Å². The largest absolute Gasteiger partial charge is 0.480 e. The maximum atomic E-state index is 12.2. The summed E-state index contributed by atoms with van der Waals surface area (Å²) in [5, 5.41) is 4.61. The van der Waals surface area contributed by atoms with E-state index in [0.29, 0.717) is 22.4 Å². The van der Waals surface area contributed by atoms with E-state index < -0.39 is 0 Å². The Labute approximate surface area is 96.3 Å². The first-order chi connectivity index (χ1) is 8.29. The van der Waals surface area contributed by atoms with E-state index >= 15 is 0 Å². The molecule has 0 saturated heterocycles. The highest BCUT2D eigenvalue weighted by atomic mass is 16.5. The Hall–Kier alpha value is -2.43. The molecule has 2 heterocycles. The molecule has 84 valence electrons. The lowest BCUT2D eigenvalue weighted by Crippen LogP contribution is -2.18. The molecular formula is C12H9N3O2. The molecule has 0 N–H and O–H groups in total. The summed E-state index contributed by atoms with van der Waals surface area (Å²) in [6.07, 6.45) is 0. The first-order valence-electron chi connectivity index (χ1n) is 5.12. The van der Waals surface area contributed by atoms with E-state index in [0.717, 1.165) is 0 Å². The molecule has 0 aliphatic heterocycles. The molecule has 0 saturated carbocycles. The predicted molar refractivity (Wildman–Crippen MR) is 63.3 cm³/mol. The minimum Gasteiger partial charge on any atom is -0.480 e. The van der Waals surface area contributed by atoms with Gasteiger partial charge in [0.25, 0.3) is 5.56 Å². The van der Waals surface area contributed by atoms with Crippen LogP contribution in [-0.2, 0) is 0 Å². The number of nitrogens with zero attached hydrogens (tertiary/aromatic N) is 3. The van der Waals surface area contributed by atoms with Crippen molar-refractivity contribution in [2.24, 2.45) is 0 Å². The molecule has 5 nitrogen and oxygen atoms in total. The van der Waals surface area contributed by atoms with Crippen LogP contribution in [0.2, 0.25) is 0 Å². The van der Waals surface area contributed by atoms with Crippen molar-refractivity contribution < 1.29 is 4.74 Å². The zero-order valence-electron chi connectivity index (χ0n) is 9.12. The van der Waals surface area contributed by atoms with Crippen LogP contribution in [0.1, 0.15) is 0 Å². The number of fused-ring (bicyclic) bond motifs is 2. The summed E-state index contributed by atoms with van der Waals surface area (Å²) in [6.45, 7) is 0. The topological polar surface area (TPSA) is 56.5 Å². The summed E-state index contributed by atoms with van der Waals surface area (Å²) < 4.78 is 6.24. The Morgan fingerprint density at radius 3 is 2.82 bits per heavy atom. The molecule has 0 aliphatic carbocycles. The molecule has 17 heavy (non-hydrogen) atoms. The Kier molecular flexibility index (Phi) is 2.04. The number of para-hydroxylation sites is 1. The van der Waals surface area contributed by atoms with Gasteiger partial charge in [-0.3, -0.25) is 4.79 Å². The Morgan fingerprint density at radius 1 is 1.18 bits per heavy atom. The van der Waals surface area contributed by atoms with Gasteiger partial charge in [-0.05, 0) is 18.2 Å². The number of benzene rings is 1. The highest BCUT2D eigenvalue weighted by Crippen LogP contribution is 2.10. The third-order valence-electron chi connectivity index (χ3n) is 2.56. The van der Waals surface area contributed by atoms with E-state index in [1.807, 2.05) is 6.07 Å². The zero-order chi connectivity index (χ0) is 11.8. The maximum absolute atomic E-state index is 12.2. The molecule has 5 heteroatoms. The van der Waals surface area contributed by atoms with Gasteiger partial charge in [-0.2, -0.15) is 4.52 Å². The van der Waals surface area contributed by atoms with Gasteiger partial charge in [0.1, 0.15) is 0 Å². The molecule has 3 aromatic rings. The summed E-state index contributed by atoms with van der Waals surface area (Å²) >= 11 is 0. The van der Waals surface area contributed by atoms with Crippen molar-refractivity contribution in [3.05, 3.63) is 46.8 Å². The number of hydrogen-bond acceptors (Lipinski definition) is 4. The number of methoxy groups -OCH3 is 1. The summed E-state index contributed by atoms with van der Waals surface area (Å²) in [5.41, 5.74) is 0.989. The number of aromatic nitrogens is 3. The molecule has 0 spiro atoms. The Balaban J connectivity index is 2.51. The monoisotopic (exact) mass is 227 g/mol. The van der Waals surface area contributed by atoms with Gasteiger partial charge in [-0.1, -0.05) is 12.1 Å². The Morgan fingerprint density at radius 2 is 2.00 bits per heavy atom. The van der Waals surface area contributed by atoms with Crippen molar-refractivity contribution in [2.45, 2.75) is 0 Å². The summed E-state index contributed by atoms with van der Waals surface area (Å²) in [7, 11) is 1.51. The second-order valence-electron chi connectivity index (χ2n) is 3.58. The van der Waals surface area contributed by atoms with Gasteiger partial charge in [0.2, 0.25) is 5.88 Å². The van der Waals surface area contributed by atoms with E-state index in [9.17, 15) is 4.79 Å². The third kappa shape index (κ3) is 1.44. The van der Waals surface area contributed by atoms with Gasteiger partial charge < -0.3 is 4.74 Å². The SMILES string of the molecule is COc1ccc2nc3ccccc3c(=O)n2n1. The van der Waals surface area contributed by atoms with Gasteiger partial charge >= 0.3 is 0 Å². The molecule has 0 aliphatic rings. The molecule has 2 aromatic heterocycles. The fourth-order valence-corrected chi connectivity index (χ4v) is 1.73. The van der Waals surface area contributed by atoms with Crippen LogP contribution in [0, 0.1) is 0 Å². The van der Waals surface area contributed by atoms with E-state index in [1.165, 1.54) is 11.6 Å². The number of rotatable bonds is 1. The first-order valence-corrected chi connectivity index (χ1v) is 5.12. The average molecular weight is 227 g/mol. The number of ether oxygens (including phenoxy) is 1. The van der Waals surface area contributed by atoms with Crippen molar-refractivity contribution in [3.63, 3.8) is 0 Å². The second kappa shape index (κ2) is 3.55. The molecule has 0 radical (unpaired) electrons. The van der Waals surface area contributed by atoms with E-state index in [2.05, 4.69) is 10.1 Å². The smallest absolute Gasteiger partial charge is 0.282 e. The lowest BCUT2D eigenvalue weighted by atomic mass is 10.2. The molecule has 1 aromatic carbocycles. The van der Waals surface area contributed by atoms with Gasteiger partial charge in [0.05, 0.1) is 18.0 Å². The summed E-state index contributed by atoms with van der Waals surface area (Å²) in [6, 6.07) is 10.6. The fraction of sp³-hybridized carbons (Fsp3) is 0.0833. The molecular weight excluding hydrogens is 218 g/mol. The minimum absolute atomic E-state index is 0.190. The molecule has 3 rings (SSSR count). The van der Waals surface area contributed by atoms with Gasteiger partial charge in [-0.25, -0.2) is 4.98 Å². The second-order valence-corrected chi connectivity index (χ2v) is 3.58. The van der Waals surface area contributed by atoms with Crippen LogP contribution in [0.5, 0.6) is 5.88 Å². The van der Waals surface area contributed by atoms with Gasteiger partial charge in [0, 0.05) is 6.07 Å². The van der Waals surface area contributed by atoms with Gasteiger partial charge in [0.15, 0.2) is 5.65 Å². The Bertz CT molecular complexity index is 764.